The van der Waals surface area contributed by atoms with Crippen molar-refractivity contribution in [1.82, 2.24) is 14.8 Å². The Hall–Kier alpha value is -1.88. The van der Waals surface area contributed by atoms with E-state index in [-0.39, 0.29) is 0 Å². The maximum atomic E-state index is 10.2. The summed E-state index contributed by atoms with van der Waals surface area (Å²) in [6.07, 6.45) is 6.92. The van der Waals surface area contributed by atoms with E-state index >= 15 is 0 Å². The number of aliphatic hydroxyl groups is 1. The van der Waals surface area contributed by atoms with Crippen molar-refractivity contribution < 1.29 is 9.84 Å². The van der Waals surface area contributed by atoms with E-state index in [0.717, 1.165) is 12.0 Å². The van der Waals surface area contributed by atoms with Crippen molar-refractivity contribution in [1.29, 1.82) is 0 Å². The van der Waals surface area contributed by atoms with Crippen molar-refractivity contribution in [3.63, 3.8) is 0 Å². The van der Waals surface area contributed by atoms with Crippen LogP contribution in [-0.2, 0) is 7.05 Å². The summed E-state index contributed by atoms with van der Waals surface area (Å²) in [5.74, 6) is 0.678. The molecule has 2 heterocycles. The van der Waals surface area contributed by atoms with Crippen LogP contribution in [0.3, 0.4) is 0 Å². The molecule has 0 amide bonds. The average molecular weight is 247 g/mol. The minimum atomic E-state index is -0.726. The van der Waals surface area contributed by atoms with E-state index in [4.69, 9.17) is 4.74 Å². The van der Waals surface area contributed by atoms with Crippen molar-refractivity contribution >= 4 is 0 Å². The van der Waals surface area contributed by atoms with Gasteiger partial charge in [0.1, 0.15) is 11.9 Å². The van der Waals surface area contributed by atoms with Gasteiger partial charge in [0.2, 0.25) is 0 Å². The molecule has 5 nitrogen and oxygen atoms in total. The van der Waals surface area contributed by atoms with E-state index in [1.165, 1.54) is 0 Å². The molecule has 96 valence electrons. The lowest BCUT2D eigenvalue weighted by Crippen LogP contribution is -2.01. The molecule has 2 aromatic rings. The molecule has 2 rings (SSSR count). The van der Waals surface area contributed by atoms with Crippen LogP contribution in [0, 0.1) is 0 Å². The minimum Gasteiger partial charge on any atom is -0.492 e. The van der Waals surface area contributed by atoms with E-state index in [0.29, 0.717) is 17.9 Å². The lowest BCUT2D eigenvalue weighted by atomic mass is 10.1. The molecule has 0 saturated carbocycles. The third-order valence-electron chi connectivity index (χ3n) is 2.56. The third-order valence-corrected chi connectivity index (χ3v) is 2.56. The van der Waals surface area contributed by atoms with Crippen molar-refractivity contribution in [2.45, 2.75) is 19.4 Å². The largest absolute Gasteiger partial charge is 0.492 e. The van der Waals surface area contributed by atoms with Gasteiger partial charge in [-0.2, -0.15) is 5.10 Å². The third kappa shape index (κ3) is 2.87. The normalized spacial score (nSPS) is 12.4. The summed E-state index contributed by atoms with van der Waals surface area (Å²) in [5, 5.41) is 14.2. The highest BCUT2D eigenvalue weighted by atomic mass is 16.5. The summed E-state index contributed by atoms with van der Waals surface area (Å²) in [7, 11) is 1.81. The highest BCUT2D eigenvalue weighted by Gasteiger charge is 2.13. The van der Waals surface area contributed by atoms with E-state index in [2.05, 4.69) is 10.1 Å². The Morgan fingerprint density at radius 3 is 2.83 bits per heavy atom. The van der Waals surface area contributed by atoms with Crippen LogP contribution in [0.15, 0.2) is 30.9 Å². The first-order chi connectivity index (χ1) is 8.70. The second kappa shape index (κ2) is 5.64. The fourth-order valence-corrected chi connectivity index (χ4v) is 1.66. The van der Waals surface area contributed by atoms with E-state index in [9.17, 15) is 5.11 Å². The number of aliphatic hydroxyl groups excluding tert-OH is 1. The molecule has 0 saturated heterocycles. The zero-order valence-electron chi connectivity index (χ0n) is 10.6. The Balaban J connectivity index is 2.17. The van der Waals surface area contributed by atoms with E-state index < -0.39 is 6.10 Å². The van der Waals surface area contributed by atoms with Crippen LogP contribution in [0.5, 0.6) is 5.75 Å². The van der Waals surface area contributed by atoms with Gasteiger partial charge in [0.15, 0.2) is 0 Å². The van der Waals surface area contributed by atoms with Gasteiger partial charge in [-0.15, -0.1) is 0 Å². The fraction of sp³-hybridized carbons (Fsp3) is 0.385. The number of aryl methyl sites for hydroxylation is 1. The smallest absolute Gasteiger partial charge is 0.137 e. The molecule has 1 atom stereocenters. The first-order valence-electron chi connectivity index (χ1n) is 5.95. The number of aromatic nitrogens is 3. The Morgan fingerprint density at radius 2 is 2.17 bits per heavy atom. The molecule has 0 radical (unpaired) electrons. The summed E-state index contributed by atoms with van der Waals surface area (Å²) < 4.78 is 7.15. The number of nitrogens with zero attached hydrogens (tertiary/aromatic N) is 3. The zero-order valence-corrected chi connectivity index (χ0v) is 10.6. The van der Waals surface area contributed by atoms with E-state index in [1.54, 1.807) is 35.5 Å². The number of hydrogen-bond donors (Lipinski definition) is 1. The lowest BCUT2D eigenvalue weighted by Gasteiger charge is -2.10. The molecule has 1 N–H and O–H groups in total. The fourth-order valence-electron chi connectivity index (χ4n) is 1.66. The molecule has 1 unspecified atom stereocenters. The molecule has 0 fully saturated rings. The van der Waals surface area contributed by atoms with Crippen LogP contribution >= 0.6 is 0 Å². The summed E-state index contributed by atoms with van der Waals surface area (Å²) >= 11 is 0. The number of ether oxygens (including phenoxy) is 1. The molecule has 5 heteroatoms. The van der Waals surface area contributed by atoms with Gasteiger partial charge in [-0.05, 0) is 12.5 Å². The first kappa shape index (κ1) is 12.6. The molecular formula is C13H17N3O2. The van der Waals surface area contributed by atoms with Gasteiger partial charge in [-0.1, -0.05) is 6.92 Å². The summed E-state index contributed by atoms with van der Waals surface area (Å²) in [6, 6.07) is 1.81. The maximum absolute atomic E-state index is 10.2. The number of rotatable bonds is 5. The van der Waals surface area contributed by atoms with Gasteiger partial charge in [-0.25, -0.2) is 0 Å². The van der Waals surface area contributed by atoms with Crippen molar-refractivity contribution in [2.24, 2.45) is 7.05 Å². The van der Waals surface area contributed by atoms with Gasteiger partial charge in [0, 0.05) is 30.6 Å². The van der Waals surface area contributed by atoms with Gasteiger partial charge in [0.25, 0.3) is 0 Å². The second-order valence-electron chi connectivity index (χ2n) is 4.15. The molecule has 0 aliphatic carbocycles. The SMILES string of the molecule is CCCOc1cncc(C(O)c2cnn(C)c2)c1. The Morgan fingerprint density at radius 1 is 1.33 bits per heavy atom. The van der Waals surface area contributed by atoms with Crippen molar-refractivity contribution in [2.75, 3.05) is 6.61 Å². The molecule has 0 aliphatic rings. The zero-order chi connectivity index (χ0) is 13.0. The quantitative estimate of drug-likeness (QED) is 0.873. The van der Waals surface area contributed by atoms with Crippen LogP contribution in [0.1, 0.15) is 30.6 Å². The molecular weight excluding hydrogens is 230 g/mol. The first-order valence-corrected chi connectivity index (χ1v) is 5.95. The van der Waals surface area contributed by atoms with Crippen LogP contribution in [0.2, 0.25) is 0 Å². The number of pyridine rings is 1. The number of hydrogen-bond acceptors (Lipinski definition) is 4. The topological polar surface area (TPSA) is 60.2 Å². The minimum absolute atomic E-state index is 0.647. The second-order valence-corrected chi connectivity index (χ2v) is 4.15. The predicted octanol–water partition coefficient (Wildman–Crippen LogP) is 1.69. The highest BCUT2D eigenvalue weighted by molar-refractivity contribution is 5.30. The van der Waals surface area contributed by atoms with Crippen LogP contribution in [0.25, 0.3) is 0 Å². The molecule has 0 bridgehead atoms. The lowest BCUT2D eigenvalue weighted by molar-refractivity contribution is 0.218. The molecule has 0 aliphatic heterocycles. The average Bonchev–Trinajstić information content (AvgIpc) is 2.82. The highest BCUT2D eigenvalue weighted by Crippen LogP contribution is 2.23. The van der Waals surface area contributed by atoms with Gasteiger partial charge in [-0.3, -0.25) is 9.67 Å². The van der Waals surface area contributed by atoms with Gasteiger partial charge >= 0.3 is 0 Å². The van der Waals surface area contributed by atoms with Crippen molar-refractivity contribution in [3.05, 3.63) is 42.0 Å². The monoisotopic (exact) mass is 247 g/mol. The summed E-state index contributed by atoms with van der Waals surface area (Å²) in [6.45, 7) is 2.69. The summed E-state index contributed by atoms with van der Waals surface area (Å²) in [5.41, 5.74) is 1.45. The standard InChI is InChI=1S/C13H17N3O2/c1-3-4-18-12-5-10(6-14-8-12)13(17)11-7-15-16(2)9-11/h5-9,13,17H,3-4H2,1-2H3. The van der Waals surface area contributed by atoms with E-state index in [1.807, 2.05) is 14.0 Å². The van der Waals surface area contributed by atoms with Crippen molar-refractivity contribution in [3.8, 4) is 5.75 Å². The molecule has 18 heavy (non-hydrogen) atoms. The predicted molar refractivity (Wildman–Crippen MR) is 67.3 cm³/mol. The molecule has 0 spiro atoms. The summed E-state index contributed by atoms with van der Waals surface area (Å²) in [4.78, 5) is 4.08. The van der Waals surface area contributed by atoms with Crippen LogP contribution in [-0.4, -0.2) is 26.5 Å². The van der Waals surface area contributed by atoms with Crippen LogP contribution in [0.4, 0.5) is 0 Å². The Bertz CT molecular complexity index is 510. The molecule has 2 aromatic heterocycles. The maximum Gasteiger partial charge on any atom is 0.137 e. The van der Waals surface area contributed by atoms with Crippen LogP contribution < -0.4 is 4.74 Å². The van der Waals surface area contributed by atoms with Gasteiger partial charge in [0.05, 0.1) is 19.0 Å². The Kier molecular flexibility index (Phi) is 3.94. The Labute approximate surface area is 106 Å². The molecule has 0 aromatic carbocycles. The van der Waals surface area contributed by atoms with Gasteiger partial charge < -0.3 is 9.84 Å².